The standard InChI is InChI=1S/C19H22N4O4/c24-17(25)12-23-10-9-16(22-23)21-19(27)15-7-5-13(6-8-15)11-20-18(26)14-3-1-2-4-14/h5-10,14H,1-4,11-12H2,(H,20,26)(H,24,25)(H,21,22,27). The molecule has 0 spiro atoms. The number of amides is 2. The molecule has 0 saturated heterocycles. The number of rotatable bonds is 7. The predicted octanol–water partition coefficient (Wildman–Crippen LogP) is 2.03. The van der Waals surface area contributed by atoms with Crippen LogP contribution in [0.3, 0.4) is 0 Å². The number of aromatic nitrogens is 2. The van der Waals surface area contributed by atoms with Gasteiger partial charge in [-0.25, -0.2) is 0 Å². The van der Waals surface area contributed by atoms with Crippen LogP contribution in [0.25, 0.3) is 0 Å². The maximum Gasteiger partial charge on any atom is 0.325 e. The zero-order chi connectivity index (χ0) is 19.2. The molecule has 1 aromatic heterocycles. The van der Waals surface area contributed by atoms with Gasteiger partial charge in [-0.2, -0.15) is 5.10 Å². The highest BCUT2D eigenvalue weighted by molar-refractivity contribution is 6.03. The summed E-state index contributed by atoms with van der Waals surface area (Å²) in [6.45, 7) is 0.175. The number of anilines is 1. The molecule has 1 aromatic carbocycles. The third kappa shape index (κ3) is 5.16. The summed E-state index contributed by atoms with van der Waals surface area (Å²) in [5.41, 5.74) is 1.37. The Morgan fingerprint density at radius 1 is 1.11 bits per heavy atom. The highest BCUT2D eigenvalue weighted by Gasteiger charge is 2.22. The van der Waals surface area contributed by atoms with E-state index in [9.17, 15) is 14.4 Å². The molecule has 0 bridgehead atoms. The van der Waals surface area contributed by atoms with E-state index in [-0.39, 0.29) is 30.1 Å². The first-order valence-electron chi connectivity index (χ1n) is 8.94. The average molecular weight is 370 g/mol. The van der Waals surface area contributed by atoms with Gasteiger partial charge < -0.3 is 15.7 Å². The number of nitrogens with one attached hydrogen (secondary N) is 2. The van der Waals surface area contributed by atoms with E-state index in [4.69, 9.17) is 5.11 Å². The molecule has 0 atom stereocenters. The number of carboxylic acid groups (broad SMARTS) is 1. The molecule has 2 aromatic rings. The van der Waals surface area contributed by atoms with Crippen molar-refractivity contribution in [1.29, 1.82) is 0 Å². The van der Waals surface area contributed by atoms with Crippen LogP contribution >= 0.6 is 0 Å². The van der Waals surface area contributed by atoms with Crippen LogP contribution in [0, 0.1) is 5.92 Å². The van der Waals surface area contributed by atoms with Crippen molar-refractivity contribution in [3.05, 3.63) is 47.7 Å². The number of nitrogens with zero attached hydrogens (tertiary/aromatic N) is 2. The summed E-state index contributed by atoms with van der Waals surface area (Å²) in [4.78, 5) is 34.9. The van der Waals surface area contributed by atoms with Crippen molar-refractivity contribution in [3.63, 3.8) is 0 Å². The van der Waals surface area contributed by atoms with Gasteiger partial charge in [-0.1, -0.05) is 25.0 Å². The zero-order valence-electron chi connectivity index (χ0n) is 14.9. The first-order valence-corrected chi connectivity index (χ1v) is 8.94. The molecule has 1 heterocycles. The van der Waals surface area contributed by atoms with Crippen LogP contribution in [0.5, 0.6) is 0 Å². The number of benzene rings is 1. The fourth-order valence-corrected chi connectivity index (χ4v) is 3.14. The normalized spacial score (nSPS) is 14.1. The summed E-state index contributed by atoms with van der Waals surface area (Å²) in [6, 6.07) is 8.49. The molecule has 0 aliphatic heterocycles. The topological polar surface area (TPSA) is 113 Å². The Bertz CT molecular complexity index is 822. The molecule has 0 radical (unpaired) electrons. The van der Waals surface area contributed by atoms with Gasteiger partial charge in [0.2, 0.25) is 5.91 Å². The van der Waals surface area contributed by atoms with E-state index in [0.29, 0.717) is 12.1 Å². The van der Waals surface area contributed by atoms with Gasteiger partial charge >= 0.3 is 5.97 Å². The molecule has 8 heteroatoms. The molecule has 142 valence electrons. The molecule has 3 N–H and O–H groups in total. The van der Waals surface area contributed by atoms with Gasteiger partial charge in [0.15, 0.2) is 5.82 Å². The maximum absolute atomic E-state index is 12.3. The lowest BCUT2D eigenvalue weighted by atomic mass is 10.1. The van der Waals surface area contributed by atoms with Gasteiger partial charge in [0.1, 0.15) is 6.54 Å². The molecule has 1 saturated carbocycles. The quantitative estimate of drug-likeness (QED) is 0.690. The largest absolute Gasteiger partial charge is 0.480 e. The summed E-state index contributed by atoms with van der Waals surface area (Å²) in [7, 11) is 0. The van der Waals surface area contributed by atoms with Crippen LogP contribution in [0.15, 0.2) is 36.5 Å². The molecule has 3 rings (SSSR count). The van der Waals surface area contributed by atoms with Crippen molar-refractivity contribution in [1.82, 2.24) is 15.1 Å². The number of carboxylic acids is 1. The molecule has 2 amide bonds. The van der Waals surface area contributed by atoms with Crippen LogP contribution < -0.4 is 10.6 Å². The Morgan fingerprint density at radius 3 is 2.48 bits per heavy atom. The lowest BCUT2D eigenvalue weighted by molar-refractivity contribution is -0.137. The van der Waals surface area contributed by atoms with Crippen molar-refractivity contribution < 1.29 is 19.5 Å². The summed E-state index contributed by atoms with van der Waals surface area (Å²) in [5.74, 6) is -0.819. The second kappa shape index (κ2) is 8.48. The molecule has 1 aliphatic rings. The molecule has 1 aliphatic carbocycles. The Balaban J connectivity index is 1.51. The fraction of sp³-hybridized carbons (Fsp3) is 0.368. The number of aliphatic carboxylic acids is 1. The van der Waals surface area contributed by atoms with Gasteiger partial charge in [0.05, 0.1) is 0 Å². The predicted molar refractivity (Wildman–Crippen MR) is 98.1 cm³/mol. The van der Waals surface area contributed by atoms with Crippen molar-refractivity contribution in [2.45, 2.75) is 38.8 Å². The fourth-order valence-electron chi connectivity index (χ4n) is 3.14. The van der Waals surface area contributed by atoms with Crippen molar-refractivity contribution in [2.24, 2.45) is 5.92 Å². The van der Waals surface area contributed by atoms with E-state index in [1.54, 1.807) is 24.3 Å². The highest BCUT2D eigenvalue weighted by atomic mass is 16.4. The Kier molecular flexibility index (Phi) is 5.85. The first kappa shape index (κ1) is 18.6. The molecular formula is C19H22N4O4. The first-order chi connectivity index (χ1) is 13.0. The van der Waals surface area contributed by atoms with E-state index < -0.39 is 5.97 Å². The smallest absolute Gasteiger partial charge is 0.325 e. The third-order valence-electron chi connectivity index (χ3n) is 4.59. The summed E-state index contributed by atoms with van der Waals surface area (Å²) >= 11 is 0. The number of hydrogen-bond acceptors (Lipinski definition) is 4. The van der Waals surface area contributed by atoms with Crippen LogP contribution in [-0.4, -0.2) is 32.7 Å². The Labute approximate surface area is 156 Å². The molecule has 1 fully saturated rings. The number of hydrogen-bond donors (Lipinski definition) is 3. The Morgan fingerprint density at radius 2 is 1.81 bits per heavy atom. The van der Waals surface area contributed by atoms with E-state index in [1.807, 2.05) is 0 Å². The lowest BCUT2D eigenvalue weighted by Gasteiger charge is -2.10. The third-order valence-corrected chi connectivity index (χ3v) is 4.59. The molecular weight excluding hydrogens is 348 g/mol. The van der Waals surface area contributed by atoms with Crippen LogP contribution in [0.2, 0.25) is 0 Å². The van der Waals surface area contributed by atoms with Crippen LogP contribution in [0.1, 0.15) is 41.6 Å². The van der Waals surface area contributed by atoms with E-state index >= 15 is 0 Å². The van der Waals surface area contributed by atoms with E-state index in [0.717, 1.165) is 31.2 Å². The Hall–Kier alpha value is -3.16. The number of carbonyl (C=O) groups is 3. The highest BCUT2D eigenvalue weighted by Crippen LogP contribution is 2.24. The molecule has 27 heavy (non-hydrogen) atoms. The molecule has 8 nitrogen and oxygen atoms in total. The minimum atomic E-state index is -1.01. The van der Waals surface area contributed by atoms with Gasteiger partial charge in [0, 0.05) is 30.3 Å². The van der Waals surface area contributed by atoms with Crippen LogP contribution in [0.4, 0.5) is 5.82 Å². The van der Waals surface area contributed by atoms with Gasteiger partial charge in [-0.3, -0.25) is 19.1 Å². The summed E-state index contributed by atoms with van der Waals surface area (Å²) in [6.07, 6.45) is 5.66. The van der Waals surface area contributed by atoms with Crippen molar-refractivity contribution in [3.8, 4) is 0 Å². The summed E-state index contributed by atoms with van der Waals surface area (Å²) in [5, 5.41) is 18.3. The zero-order valence-corrected chi connectivity index (χ0v) is 14.9. The lowest BCUT2D eigenvalue weighted by Crippen LogP contribution is -2.28. The van der Waals surface area contributed by atoms with Gasteiger partial charge in [0.25, 0.3) is 5.91 Å². The van der Waals surface area contributed by atoms with E-state index in [2.05, 4.69) is 15.7 Å². The summed E-state index contributed by atoms with van der Waals surface area (Å²) < 4.78 is 1.23. The maximum atomic E-state index is 12.3. The van der Waals surface area contributed by atoms with Crippen molar-refractivity contribution in [2.75, 3.05) is 5.32 Å². The SMILES string of the molecule is O=C(O)Cn1ccc(NC(=O)c2ccc(CNC(=O)C3CCCC3)cc2)n1. The minimum Gasteiger partial charge on any atom is -0.480 e. The second-order valence-corrected chi connectivity index (χ2v) is 6.64. The van der Waals surface area contributed by atoms with Gasteiger partial charge in [-0.15, -0.1) is 0 Å². The second-order valence-electron chi connectivity index (χ2n) is 6.64. The average Bonchev–Trinajstić information content (AvgIpc) is 3.32. The van der Waals surface area contributed by atoms with Crippen LogP contribution in [-0.2, 0) is 22.7 Å². The minimum absolute atomic E-state index is 0.103. The van der Waals surface area contributed by atoms with Crippen molar-refractivity contribution >= 4 is 23.6 Å². The monoisotopic (exact) mass is 370 g/mol. The molecule has 0 unspecified atom stereocenters. The number of carbonyl (C=O) groups excluding carboxylic acids is 2. The van der Waals surface area contributed by atoms with Gasteiger partial charge in [-0.05, 0) is 30.5 Å². The van der Waals surface area contributed by atoms with E-state index in [1.165, 1.54) is 16.9 Å².